The molecule has 0 atom stereocenters. The summed E-state index contributed by atoms with van der Waals surface area (Å²) < 4.78 is 5.31. The van der Waals surface area contributed by atoms with Crippen molar-refractivity contribution >= 4 is 23.2 Å². The van der Waals surface area contributed by atoms with Crippen molar-refractivity contribution in [3.05, 3.63) is 70.9 Å². The van der Waals surface area contributed by atoms with E-state index in [9.17, 15) is 0 Å². The molecule has 0 unspecified atom stereocenters. The fourth-order valence-corrected chi connectivity index (χ4v) is 2.58. The number of nitrogens with zero attached hydrogens (tertiary/aromatic N) is 2. The first-order valence-electron chi connectivity index (χ1n) is 7.79. The minimum atomic E-state index is 0.589. The van der Waals surface area contributed by atoms with Crippen LogP contribution in [0.15, 0.2) is 53.1 Å². The van der Waals surface area contributed by atoms with Gasteiger partial charge in [0.15, 0.2) is 0 Å². The molecule has 1 aromatic carbocycles. The second-order valence-electron chi connectivity index (χ2n) is 5.43. The Morgan fingerprint density at radius 2 is 1.88 bits per heavy atom. The number of anilines is 2. The molecule has 0 radical (unpaired) electrons. The molecular formula is C18H19ClN4O. The fourth-order valence-electron chi connectivity index (χ4n) is 2.37. The first kappa shape index (κ1) is 16.3. The van der Waals surface area contributed by atoms with Gasteiger partial charge in [-0.3, -0.25) is 0 Å². The molecule has 0 aliphatic heterocycles. The zero-order chi connectivity index (χ0) is 16.8. The van der Waals surface area contributed by atoms with Crippen molar-refractivity contribution < 1.29 is 4.42 Å². The lowest BCUT2D eigenvalue weighted by Crippen LogP contribution is -2.09. The summed E-state index contributed by atoms with van der Waals surface area (Å²) in [6.07, 6.45) is 2.53. The smallest absolute Gasteiger partial charge is 0.132 e. The second kappa shape index (κ2) is 7.84. The van der Waals surface area contributed by atoms with Crippen molar-refractivity contribution in [2.75, 3.05) is 17.2 Å². The van der Waals surface area contributed by atoms with E-state index < -0.39 is 0 Å². The fraction of sp³-hybridized carbons (Fsp3) is 0.222. The van der Waals surface area contributed by atoms with E-state index in [1.54, 1.807) is 6.26 Å². The number of aryl methyl sites for hydroxylation is 1. The minimum Gasteiger partial charge on any atom is -0.467 e. The van der Waals surface area contributed by atoms with Gasteiger partial charge in [-0.15, -0.1) is 0 Å². The van der Waals surface area contributed by atoms with E-state index in [2.05, 4.69) is 26.7 Å². The highest BCUT2D eigenvalue weighted by Crippen LogP contribution is 2.14. The highest BCUT2D eigenvalue weighted by Gasteiger charge is 2.03. The molecular weight excluding hydrogens is 324 g/mol. The van der Waals surface area contributed by atoms with E-state index >= 15 is 0 Å². The Bertz CT molecular complexity index is 789. The third kappa shape index (κ3) is 4.73. The molecule has 5 nitrogen and oxygen atoms in total. The van der Waals surface area contributed by atoms with Crippen LogP contribution in [0.1, 0.15) is 17.1 Å². The molecule has 0 bridgehead atoms. The first-order chi connectivity index (χ1) is 11.7. The minimum absolute atomic E-state index is 0.589. The van der Waals surface area contributed by atoms with Gasteiger partial charge in [0, 0.05) is 17.6 Å². The second-order valence-corrected chi connectivity index (χ2v) is 5.86. The van der Waals surface area contributed by atoms with Crippen LogP contribution in [0.5, 0.6) is 0 Å². The molecule has 0 saturated carbocycles. The predicted octanol–water partition coefficient (Wildman–Crippen LogP) is 4.30. The van der Waals surface area contributed by atoms with Gasteiger partial charge < -0.3 is 15.1 Å². The number of halogens is 1. The Morgan fingerprint density at radius 1 is 1.04 bits per heavy atom. The van der Waals surface area contributed by atoms with E-state index in [1.165, 1.54) is 5.56 Å². The summed E-state index contributed by atoms with van der Waals surface area (Å²) in [7, 11) is 0. The Labute approximate surface area is 146 Å². The molecule has 0 saturated heterocycles. The summed E-state index contributed by atoms with van der Waals surface area (Å²) in [5.41, 5.74) is 1.19. The normalized spacial score (nSPS) is 10.6. The average molecular weight is 343 g/mol. The molecule has 0 aliphatic carbocycles. The summed E-state index contributed by atoms with van der Waals surface area (Å²) in [6, 6.07) is 13.6. The summed E-state index contributed by atoms with van der Waals surface area (Å²) in [5.74, 6) is 3.14. The zero-order valence-electron chi connectivity index (χ0n) is 13.4. The number of benzene rings is 1. The topological polar surface area (TPSA) is 63.0 Å². The van der Waals surface area contributed by atoms with Gasteiger partial charge in [0.25, 0.3) is 0 Å². The quantitative estimate of drug-likeness (QED) is 0.670. The van der Waals surface area contributed by atoms with Crippen LogP contribution < -0.4 is 10.6 Å². The third-order valence-electron chi connectivity index (χ3n) is 3.47. The predicted molar refractivity (Wildman–Crippen MR) is 96.4 cm³/mol. The van der Waals surface area contributed by atoms with Crippen LogP contribution >= 0.6 is 11.6 Å². The van der Waals surface area contributed by atoms with Crippen LogP contribution in [0, 0.1) is 6.92 Å². The van der Waals surface area contributed by atoms with Crippen LogP contribution in [0.2, 0.25) is 5.02 Å². The van der Waals surface area contributed by atoms with Crippen molar-refractivity contribution in [1.29, 1.82) is 0 Å². The van der Waals surface area contributed by atoms with Crippen molar-refractivity contribution in [2.24, 2.45) is 0 Å². The summed E-state index contributed by atoms with van der Waals surface area (Å²) in [4.78, 5) is 8.81. The maximum atomic E-state index is 6.00. The van der Waals surface area contributed by atoms with Crippen LogP contribution in [0.4, 0.5) is 11.6 Å². The van der Waals surface area contributed by atoms with Gasteiger partial charge in [0.2, 0.25) is 0 Å². The van der Waals surface area contributed by atoms with Gasteiger partial charge in [0.1, 0.15) is 23.2 Å². The number of rotatable bonds is 7. The summed E-state index contributed by atoms with van der Waals surface area (Å²) >= 11 is 6.00. The molecule has 2 heterocycles. The molecule has 0 aliphatic rings. The van der Waals surface area contributed by atoms with Crippen molar-refractivity contribution in [2.45, 2.75) is 19.9 Å². The lowest BCUT2D eigenvalue weighted by atomic mass is 10.1. The largest absolute Gasteiger partial charge is 0.467 e. The van der Waals surface area contributed by atoms with Gasteiger partial charge in [-0.2, -0.15) is 0 Å². The highest BCUT2D eigenvalue weighted by molar-refractivity contribution is 6.30. The average Bonchev–Trinajstić information content (AvgIpc) is 3.06. The Kier molecular flexibility index (Phi) is 5.33. The Morgan fingerprint density at radius 3 is 2.62 bits per heavy atom. The molecule has 2 aromatic heterocycles. The maximum Gasteiger partial charge on any atom is 0.132 e. The Balaban J connectivity index is 1.57. The van der Waals surface area contributed by atoms with Crippen LogP contribution in [-0.4, -0.2) is 16.5 Å². The van der Waals surface area contributed by atoms with Crippen molar-refractivity contribution in [3.63, 3.8) is 0 Å². The SMILES string of the molecule is Cc1nc(NCCc2cccc(Cl)c2)cc(NCc2ccco2)n1. The van der Waals surface area contributed by atoms with E-state index in [4.69, 9.17) is 16.0 Å². The molecule has 124 valence electrons. The molecule has 0 fully saturated rings. The van der Waals surface area contributed by atoms with E-state index in [1.807, 2.05) is 43.3 Å². The van der Waals surface area contributed by atoms with E-state index in [0.717, 1.165) is 35.4 Å². The number of furan rings is 1. The molecule has 24 heavy (non-hydrogen) atoms. The van der Waals surface area contributed by atoms with Crippen LogP contribution in [0.3, 0.4) is 0 Å². The van der Waals surface area contributed by atoms with E-state index in [0.29, 0.717) is 12.4 Å². The van der Waals surface area contributed by atoms with E-state index in [-0.39, 0.29) is 0 Å². The molecule has 0 spiro atoms. The van der Waals surface area contributed by atoms with Gasteiger partial charge in [-0.05, 0) is 43.2 Å². The molecule has 3 aromatic rings. The number of nitrogens with one attached hydrogen (secondary N) is 2. The van der Waals surface area contributed by atoms with Gasteiger partial charge >= 0.3 is 0 Å². The molecule has 2 N–H and O–H groups in total. The van der Waals surface area contributed by atoms with Gasteiger partial charge in [0.05, 0.1) is 12.8 Å². The van der Waals surface area contributed by atoms with Gasteiger partial charge in [-0.25, -0.2) is 9.97 Å². The standard InChI is InChI=1S/C18H19ClN4O/c1-13-22-17(20-8-7-14-4-2-5-15(19)10-14)11-18(23-13)21-12-16-6-3-9-24-16/h2-6,9-11H,7-8,12H2,1H3,(H2,20,21,22,23). The molecule has 3 rings (SSSR count). The summed E-state index contributed by atoms with van der Waals surface area (Å²) in [6.45, 7) is 3.24. The van der Waals surface area contributed by atoms with Crippen LogP contribution in [-0.2, 0) is 13.0 Å². The van der Waals surface area contributed by atoms with Gasteiger partial charge in [-0.1, -0.05) is 23.7 Å². The highest BCUT2D eigenvalue weighted by atomic mass is 35.5. The van der Waals surface area contributed by atoms with Crippen molar-refractivity contribution in [1.82, 2.24) is 9.97 Å². The van der Waals surface area contributed by atoms with Crippen LogP contribution in [0.25, 0.3) is 0 Å². The lowest BCUT2D eigenvalue weighted by Gasteiger charge is -2.10. The molecule has 6 heteroatoms. The number of hydrogen-bond acceptors (Lipinski definition) is 5. The zero-order valence-corrected chi connectivity index (χ0v) is 14.2. The summed E-state index contributed by atoms with van der Waals surface area (Å²) in [5, 5.41) is 7.33. The third-order valence-corrected chi connectivity index (χ3v) is 3.71. The number of aromatic nitrogens is 2. The molecule has 0 amide bonds. The monoisotopic (exact) mass is 342 g/mol. The number of hydrogen-bond donors (Lipinski definition) is 2. The lowest BCUT2D eigenvalue weighted by molar-refractivity contribution is 0.518. The maximum absolute atomic E-state index is 6.00. The first-order valence-corrected chi connectivity index (χ1v) is 8.17. The van der Waals surface area contributed by atoms with Crippen molar-refractivity contribution in [3.8, 4) is 0 Å². The Hall–Kier alpha value is -2.53.